The van der Waals surface area contributed by atoms with Crippen molar-refractivity contribution in [3.05, 3.63) is 23.8 Å². The van der Waals surface area contributed by atoms with Crippen molar-refractivity contribution in [2.24, 2.45) is 0 Å². The van der Waals surface area contributed by atoms with E-state index in [9.17, 15) is 5.11 Å². The van der Waals surface area contributed by atoms with E-state index in [1.54, 1.807) is 12.2 Å². The van der Waals surface area contributed by atoms with Gasteiger partial charge in [0.1, 0.15) is 12.2 Å². The van der Waals surface area contributed by atoms with Crippen LogP contribution in [0.25, 0.3) is 0 Å². The molecule has 1 rings (SSSR count). The number of allylic oxidation sites excluding steroid dienone is 1. The second-order valence-corrected chi connectivity index (χ2v) is 12.4. The van der Waals surface area contributed by atoms with Crippen molar-refractivity contribution < 1.29 is 19.0 Å². The number of aliphatic hydroxyl groups is 1. The van der Waals surface area contributed by atoms with Gasteiger partial charge in [-0.2, -0.15) is 0 Å². The molecule has 4 nitrogen and oxygen atoms in total. The Kier molecular flexibility index (Phi) is 7.02. The van der Waals surface area contributed by atoms with E-state index in [4.69, 9.17) is 13.9 Å². The summed E-state index contributed by atoms with van der Waals surface area (Å²) in [6.45, 7) is 15.9. The normalized spacial score (nSPS) is 26.1. The van der Waals surface area contributed by atoms with Gasteiger partial charge in [-0.05, 0) is 38.1 Å². The van der Waals surface area contributed by atoms with E-state index < -0.39 is 20.7 Å². The van der Waals surface area contributed by atoms with Gasteiger partial charge in [0.2, 0.25) is 0 Å². The van der Waals surface area contributed by atoms with Crippen LogP contribution in [0.2, 0.25) is 18.1 Å². The minimum atomic E-state index is -1.85. The van der Waals surface area contributed by atoms with Crippen LogP contribution >= 0.6 is 0 Å². The first kappa shape index (κ1) is 19.6. The smallest absolute Gasteiger partial charge is 0.192 e. The molecule has 0 spiro atoms. The zero-order valence-corrected chi connectivity index (χ0v) is 16.1. The fourth-order valence-electron chi connectivity index (χ4n) is 1.68. The molecule has 5 heteroatoms. The molecule has 0 unspecified atom stereocenters. The summed E-state index contributed by atoms with van der Waals surface area (Å²) in [6.07, 6.45) is 4.04. The minimum Gasteiger partial charge on any atom is -0.414 e. The molecular weight excluding hydrogens is 296 g/mol. The highest BCUT2D eigenvalue weighted by Gasteiger charge is 2.38. The second kappa shape index (κ2) is 7.88. The summed E-state index contributed by atoms with van der Waals surface area (Å²) in [5, 5.41) is 10.2. The van der Waals surface area contributed by atoms with Crippen LogP contribution in [0, 0.1) is 0 Å². The molecule has 0 aromatic rings. The van der Waals surface area contributed by atoms with E-state index in [-0.39, 0.29) is 11.1 Å². The Morgan fingerprint density at radius 3 is 2.45 bits per heavy atom. The molecule has 1 aliphatic heterocycles. The van der Waals surface area contributed by atoms with E-state index in [1.807, 2.05) is 19.9 Å². The largest absolute Gasteiger partial charge is 0.414 e. The quantitative estimate of drug-likeness (QED) is 0.597. The maximum absolute atomic E-state index is 10.1. The SMILES string of the molecule is CC(C)=CCO[C@@H]1C=C[C@H](O)[C@@H](CO[Si](C)(C)C(C)(C)C)O1. The van der Waals surface area contributed by atoms with Crippen molar-refractivity contribution in [3.8, 4) is 0 Å². The second-order valence-electron chi connectivity index (χ2n) is 7.60. The Morgan fingerprint density at radius 1 is 1.27 bits per heavy atom. The van der Waals surface area contributed by atoms with E-state index in [0.29, 0.717) is 13.2 Å². The van der Waals surface area contributed by atoms with Crippen LogP contribution in [0.4, 0.5) is 0 Å². The molecule has 0 radical (unpaired) electrons. The Morgan fingerprint density at radius 2 is 1.91 bits per heavy atom. The maximum atomic E-state index is 10.1. The monoisotopic (exact) mass is 328 g/mol. The minimum absolute atomic E-state index is 0.141. The highest BCUT2D eigenvalue weighted by Crippen LogP contribution is 2.36. The molecule has 1 N–H and O–H groups in total. The van der Waals surface area contributed by atoms with Crippen molar-refractivity contribution in [1.29, 1.82) is 0 Å². The number of aliphatic hydroxyl groups excluding tert-OH is 1. The fourth-order valence-corrected chi connectivity index (χ4v) is 2.69. The zero-order chi connectivity index (χ0) is 17.0. The van der Waals surface area contributed by atoms with Crippen molar-refractivity contribution in [1.82, 2.24) is 0 Å². The summed E-state index contributed by atoms with van der Waals surface area (Å²) >= 11 is 0. The van der Waals surface area contributed by atoms with Crippen LogP contribution in [0.3, 0.4) is 0 Å². The molecule has 0 saturated carbocycles. The fraction of sp³-hybridized carbons (Fsp3) is 0.765. The van der Waals surface area contributed by atoms with Crippen LogP contribution in [0.15, 0.2) is 23.8 Å². The predicted octanol–water partition coefficient (Wildman–Crippen LogP) is 3.63. The van der Waals surface area contributed by atoms with E-state index in [0.717, 1.165) is 0 Å². The van der Waals surface area contributed by atoms with Gasteiger partial charge in [0.05, 0.1) is 13.2 Å². The van der Waals surface area contributed by atoms with Crippen LogP contribution in [-0.2, 0) is 13.9 Å². The Hall–Kier alpha value is -0.463. The van der Waals surface area contributed by atoms with Crippen molar-refractivity contribution in [2.75, 3.05) is 13.2 Å². The first-order chi connectivity index (χ1) is 10.0. The molecule has 1 heterocycles. The number of hydrogen-bond donors (Lipinski definition) is 1. The molecule has 0 amide bonds. The Bertz CT molecular complexity index is 405. The maximum Gasteiger partial charge on any atom is 0.192 e. The molecule has 0 aromatic heterocycles. The summed E-state index contributed by atoms with van der Waals surface area (Å²) in [7, 11) is -1.85. The third-order valence-electron chi connectivity index (χ3n) is 4.32. The van der Waals surface area contributed by atoms with Gasteiger partial charge in [-0.3, -0.25) is 0 Å². The lowest BCUT2D eigenvalue weighted by atomic mass is 10.1. The standard InChI is InChI=1S/C17H32O4Si/c1-13(2)10-11-19-16-9-8-14(18)15(21-16)12-20-22(6,7)17(3,4)5/h8-10,14-16,18H,11-12H2,1-7H3/t14-,15+,16-/m0/s1. The molecule has 128 valence electrons. The van der Waals surface area contributed by atoms with Crippen molar-refractivity contribution in [3.63, 3.8) is 0 Å². The van der Waals surface area contributed by atoms with Crippen LogP contribution in [-0.4, -0.2) is 45.1 Å². The molecule has 0 bridgehead atoms. The van der Waals surface area contributed by atoms with Gasteiger partial charge in [0.15, 0.2) is 14.6 Å². The van der Waals surface area contributed by atoms with Crippen LogP contribution < -0.4 is 0 Å². The molecule has 1 aliphatic rings. The first-order valence-electron chi connectivity index (χ1n) is 7.94. The van der Waals surface area contributed by atoms with Gasteiger partial charge in [-0.15, -0.1) is 0 Å². The van der Waals surface area contributed by atoms with Crippen LogP contribution in [0.5, 0.6) is 0 Å². The van der Waals surface area contributed by atoms with Gasteiger partial charge < -0.3 is 19.0 Å². The third-order valence-corrected chi connectivity index (χ3v) is 8.82. The van der Waals surface area contributed by atoms with Gasteiger partial charge in [0.25, 0.3) is 0 Å². The third kappa shape index (κ3) is 5.97. The Balaban J connectivity index is 2.54. The highest BCUT2D eigenvalue weighted by molar-refractivity contribution is 6.74. The highest BCUT2D eigenvalue weighted by atomic mass is 28.4. The predicted molar refractivity (Wildman–Crippen MR) is 92.3 cm³/mol. The molecule has 0 aliphatic carbocycles. The first-order valence-corrected chi connectivity index (χ1v) is 10.8. The average Bonchev–Trinajstić information content (AvgIpc) is 2.37. The lowest BCUT2D eigenvalue weighted by Crippen LogP contribution is -2.46. The van der Waals surface area contributed by atoms with E-state index in [1.165, 1.54) is 5.57 Å². The summed E-state index contributed by atoms with van der Waals surface area (Å²) in [5.74, 6) is 0. The molecular formula is C17H32O4Si. The lowest BCUT2D eigenvalue weighted by Gasteiger charge is -2.38. The number of hydrogen-bond acceptors (Lipinski definition) is 4. The zero-order valence-electron chi connectivity index (χ0n) is 15.1. The molecule has 0 saturated heterocycles. The summed E-state index contributed by atoms with van der Waals surface area (Å²) in [6, 6.07) is 0. The topological polar surface area (TPSA) is 47.9 Å². The molecule has 3 atom stereocenters. The van der Waals surface area contributed by atoms with Crippen molar-refractivity contribution >= 4 is 8.32 Å². The molecule has 0 fully saturated rings. The Labute approximate surface area is 136 Å². The number of rotatable bonds is 6. The summed E-state index contributed by atoms with van der Waals surface area (Å²) in [4.78, 5) is 0. The summed E-state index contributed by atoms with van der Waals surface area (Å²) < 4.78 is 17.6. The van der Waals surface area contributed by atoms with Crippen LogP contribution in [0.1, 0.15) is 34.6 Å². The van der Waals surface area contributed by atoms with Gasteiger partial charge >= 0.3 is 0 Å². The average molecular weight is 329 g/mol. The summed E-state index contributed by atoms with van der Waals surface area (Å²) in [5.41, 5.74) is 1.21. The van der Waals surface area contributed by atoms with Gasteiger partial charge in [0, 0.05) is 0 Å². The molecule has 0 aromatic carbocycles. The number of ether oxygens (including phenoxy) is 2. The van der Waals surface area contributed by atoms with E-state index >= 15 is 0 Å². The van der Waals surface area contributed by atoms with Gasteiger partial charge in [-0.25, -0.2) is 0 Å². The lowest BCUT2D eigenvalue weighted by molar-refractivity contribution is -0.173. The van der Waals surface area contributed by atoms with Gasteiger partial charge in [-0.1, -0.05) is 38.5 Å². The molecule has 22 heavy (non-hydrogen) atoms. The van der Waals surface area contributed by atoms with E-state index in [2.05, 4.69) is 33.9 Å². The van der Waals surface area contributed by atoms with Crippen molar-refractivity contribution in [2.45, 2.75) is 71.2 Å².